The highest BCUT2D eigenvalue weighted by Gasteiger charge is 2.44. The Morgan fingerprint density at radius 2 is 0.750 bits per heavy atom. The third-order valence-electron chi connectivity index (χ3n) is 12.4. The van der Waals surface area contributed by atoms with E-state index in [4.69, 9.17) is 43.0 Å². The van der Waals surface area contributed by atoms with E-state index in [1.165, 1.54) is 47.0 Å². The molecule has 8 heterocycles. The zero-order valence-corrected chi connectivity index (χ0v) is 100. The van der Waals surface area contributed by atoms with E-state index in [9.17, 15) is 9.59 Å². The quantitative estimate of drug-likeness (QED) is 0.290. The highest BCUT2D eigenvalue weighted by atomic mass is 127. The van der Waals surface area contributed by atoms with E-state index in [-0.39, 0.29) is 30.7 Å². The Balaban J connectivity index is 0.000000352. The van der Waals surface area contributed by atoms with Crippen LogP contribution < -0.4 is 15.1 Å². The predicted octanol–water partition coefficient (Wildman–Crippen LogP) is 5.76. The van der Waals surface area contributed by atoms with Crippen molar-refractivity contribution in [1.29, 1.82) is 0 Å². The molecule has 6 aliphatic rings. The lowest BCUT2D eigenvalue weighted by Gasteiger charge is -2.46. The molecule has 4 atom stereocenters. The van der Waals surface area contributed by atoms with E-state index in [1.54, 1.807) is 125 Å². The fourth-order valence-electron chi connectivity index (χ4n) is 8.73. The fourth-order valence-corrected chi connectivity index (χ4v) is 138. The van der Waals surface area contributed by atoms with Crippen molar-refractivity contribution in [1.82, 2.24) is 30.0 Å². The Labute approximate surface area is 801 Å². The second-order valence-corrected chi connectivity index (χ2v) is 109. The van der Waals surface area contributed by atoms with Gasteiger partial charge in [0.25, 0.3) is 0 Å². The number of pyridine rings is 2. The van der Waals surface area contributed by atoms with Gasteiger partial charge in [0.15, 0.2) is 0 Å². The molecule has 0 radical (unpaired) electrons. The molecule has 2 amide bonds. The first-order valence-electron chi connectivity index (χ1n) is 28.4. The lowest BCUT2D eigenvalue weighted by atomic mass is 9.98. The van der Waals surface area contributed by atoms with Crippen molar-refractivity contribution in [2.24, 2.45) is 5.92 Å². The van der Waals surface area contributed by atoms with E-state index in [0.717, 1.165) is 63.0 Å². The zero-order chi connectivity index (χ0) is 76.8. The van der Waals surface area contributed by atoms with Crippen LogP contribution in [0.15, 0.2) is 36.7 Å². The highest BCUT2D eigenvalue weighted by molar-refractivity contribution is 14.1. The number of fused-ring (bicyclic) bond motifs is 4. The van der Waals surface area contributed by atoms with Gasteiger partial charge in [-0.3, -0.25) is 4.90 Å². The standard InChI is InChI=1S/C22H30N4O2.C11H14IN3.C9H17NO3.ClH.S51/c1-5-16-6-9-20(23-10-16)24-14-18-7-8-19(15-24)26(18)13-17-11-25(12-17)21(27)28-22(2,3)4;12-8-1-4-11(13-5-8)15-6-9-2-3-10(7-15)14-9;1-9(2,3)13-8(11)10-5-7(6-10)12-4;;1-3-5-7-9-11-13-15-17-19-21-23-25-27-29-31-33-35-37-39-41-43-45-47-49-51-50-48-46-44-42-40-38-36-34-32-30-28-26-24-22-20-18-16-14-12-10-8-6-4-2/h1,6,9-10,17-19H,7-8,11-15H2,2-4H3;1,4-5,9-10,14H,2-3,6-7H2;7H,5-6H2,1-4H3;1H;. The smallest absolute Gasteiger partial charge is 0.410 e. The Bertz CT molecular complexity index is 5710. The number of nitrogens with zero attached hydrogens (tertiary/aromatic N) is 7. The van der Waals surface area contributed by atoms with E-state index in [1.807, 2.05) is 376 Å². The molecular formula is C42H62ClIN8O5S51. The molecule has 4 bridgehead atoms. The van der Waals surface area contributed by atoms with Crippen molar-refractivity contribution in [2.75, 3.05) is 75.8 Å². The van der Waals surface area contributed by atoms with Crippen LogP contribution in [0.2, 0.25) is 0 Å². The van der Waals surface area contributed by atoms with Gasteiger partial charge >= 0.3 is 12.2 Å². The maximum absolute atomic E-state index is 12.1. The maximum atomic E-state index is 12.1. The summed E-state index contributed by atoms with van der Waals surface area (Å²) < 4.78 is 16.9. The van der Waals surface area contributed by atoms with E-state index in [2.05, 4.69) is 70.6 Å². The van der Waals surface area contributed by atoms with Crippen LogP contribution in [0.1, 0.15) is 72.8 Å². The number of carbonyl (C=O) groups is 2. The molecule has 6 saturated heterocycles. The minimum Gasteiger partial charge on any atom is -0.444 e. The van der Waals surface area contributed by atoms with Crippen molar-refractivity contribution < 1.29 is 23.8 Å². The fraction of sp³-hybridized carbons (Fsp3) is 0.667. The summed E-state index contributed by atoms with van der Waals surface area (Å²) >= 11 is 11.9. The number of hydrogen-bond acceptors (Lipinski definition) is 13. The molecule has 0 aliphatic carbocycles. The molecule has 0 spiro atoms. The summed E-state index contributed by atoms with van der Waals surface area (Å²) in [5, 5.41) is 3.63. The summed E-state index contributed by atoms with van der Waals surface area (Å²) in [6, 6.07) is 10.8. The lowest BCUT2D eigenvalue weighted by Crippen LogP contribution is -2.60. The minimum absolute atomic E-state index is 0. The van der Waals surface area contributed by atoms with Gasteiger partial charge in [0.1, 0.15) is 22.8 Å². The van der Waals surface area contributed by atoms with Gasteiger partial charge in [-0.05, 0) is 114 Å². The molecule has 2 aromatic rings. The van der Waals surface area contributed by atoms with Crippen LogP contribution >= 0.6 is 35.0 Å². The molecule has 4 unspecified atom stereocenters. The SMILES string of the molecule is C#Cc1ccc(N2CC3CCC(C2)N3CC2CN(C(=O)OC(C)(C)C)C2)nc1.COC1CN(C(=O)OC(C)(C)C)C1.Cl.Ic1ccc(N2CC3CCC(C2)N3)nc1.S=S=S=S=S=S=S=S=S=S=S=S=S=S=S=S=S=S=S=S=S=S=S=S=S=S=S=S=S=S=S=S=S=S=S=S=S=S=S=S=S=S=S=S=S=S=S=S=S=S=S. The lowest BCUT2D eigenvalue weighted by molar-refractivity contribution is -0.0465. The molecule has 620 valence electrons. The average molecular weight is 2560 g/mol. The maximum Gasteiger partial charge on any atom is 0.410 e. The van der Waals surface area contributed by atoms with Gasteiger partial charge < -0.3 is 39.1 Å². The molecular weight excluding hydrogens is 2490 g/mol. The van der Waals surface area contributed by atoms with Crippen LogP contribution in [-0.4, -0.2) is 144 Å². The number of rotatable bonds is 5. The number of piperazine rings is 2. The Morgan fingerprint density at radius 1 is 0.454 bits per heavy atom. The van der Waals surface area contributed by atoms with Gasteiger partial charge in [0.05, 0.1) is 19.2 Å². The number of nitrogens with one attached hydrogen (secondary N) is 1. The number of likely N-dealkylation sites (tertiary alicyclic amines) is 2. The topological polar surface area (TPSA) is 116 Å². The van der Waals surface area contributed by atoms with Crippen LogP contribution in [0.5, 0.6) is 0 Å². The second kappa shape index (κ2) is 70.2. The number of amides is 2. The molecule has 8 rings (SSSR count). The van der Waals surface area contributed by atoms with Gasteiger partial charge in [0.2, 0.25) is 0 Å². The van der Waals surface area contributed by atoms with Crippen molar-refractivity contribution in [3.8, 4) is 12.3 Å². The van der Waals surface area contributed by atoms with Crippen molar-refractivity contribution in [3.63, 3.8) is 0 Å². The van der Waals surface area contributed by atoms with Gasteiger partial charge in [-0.25, -0.2) is 19.6 Å². The molecule has 108 heavy (non-hydrogen) atoms. The van der Waals surface area contributed by atoms with E-state index >= 15 is 0 Å². The number of ether oxygens (including phenoxy) is 3. The molecule has 0 aromatic carbocycles. The highest BCUT2D eigenvalue weighted by Crippen LogP contribution is 2.34. The molecule has 66 heteroatoms. The van der Waals surface area contributed by atoms with Crippen LogP contribution in [0.4, 0.5) is 21.2 Å². The van der Waals surface area contributed by atoms with E-state index < -0.39 is 11.2 Å². The number of aromatic nitrogens is 2. The first kappa shape index (κ1) is 108. The summed E-state index contributed by atoms with van der Waals surface area (Å²) in [4.78, 5) is 43.5. The Kier molecular flexibility index (Phi) is 70.5. The second-order valence-electron chi connectivity index (χ2n) is 21.2. The van der Waals surface area contributed by atoms with Crippen molar-refractivity contribution in [2.45, 2.75) is 109 Å². The van der Waals surface area contributed by atoms with Crippen molar-refractivity contribution in [3.05, 3.63) is 45.8 Å². The number of hydrogen-bond donors (Lipinski definition) is 1. The van der Waals surface area contributed by atoms with Crippen LogP contribution in [0.25, 0.3) is 0 Å². The first-order valence-corrected chi connectivity index (χ1v) is 96.2. The number of terminal acetylenes is 1. The number of methoxy groups -OCH3 is 1. The van der Waals surface area contributed by atoms with Gasteiger partial charge in [-0.1, -0.05) is 5.92 Å². The summed E-state index contributed by atoms with van der Waals surface area (Å²) in [5.74, 6) is 5.33. The number of carbonyl (C=O) groups excluding carboxylic acids is 2. The molecule has 6 aliphatic heterocycles. The largest absolute Gasteiger partial charge is 0.444 e. The monoisotopic (exact) mass is 2550 g/mol. The van der Waals surface area contributed by atoms with Crippen LogP contribution in [-0.2, 0) is 472 Å². The van der Waals surface area contributed by atoms with Crippen LogP contribution in [0, 0.1) is 21.8 Å². The Morgan fingerprint density at radius 3 is 1.02 bits per heavy atom. The van der Waals surface area contributed by atoms with E-state index in [0.29, 0.717) is 43.2 Å². The third-order valence-corrected chi connectivity index (χ3v) is 120. The van der Waals surface area contributed by atoms with Gasteiger partial charge in [-0.2, -0.15) is 0 Å². The summed E-state index contributed by atoms with van der Waals surface area (Å²) in [6.45, 7) is 19.6. The number of halogens is 2. The number of anilines is 2. The summed E-state index contributed by atoms with van der Waals surface area (Å²) in [7, 11) is 89.2. The normalized spacial score (nSPS) is 16.5. The predicted molar refractivity (Wildman–Crippen MR) is 610 cm³/mol. The van der Waals surface area contributed by atoms with Crippen molar-refractivity contribution >= 4 is 516 Å². The third kappa shape index (κ3) is 54.2. The average Bonchev–Trinajstić information content (AvgIpc) is 1.56. The summed E-state index contributed by atoms with van der Waals surface area (Å²) in [6.07, 6.45) is 14.0. The Hall–Kier alpha value is 8.12. The first-order chi connectivity index (χ1) is 52.0. The van der Waals surface area contributed by atoms with Gasteiger partial charge in [0, 0.05) is 562 Å². The molecule has 6 fully saturated rings. The molecule has 1 N–H and O–H groups in total. The zero-order valence-electron chi connectivity index (χ0n) is 55.5. The summed E-state index contributed by atoms with van der Waals surface area (Å²) in [5.41, 5.74) is -0.0101. The minimum atomic E-state index is -0.427. The molecule has 2 aromatic heterocycles. The van der Waals surface area contributed by atoms with Crippen LogP contribution in [0.3, 0.4) is 0 Å². The molecule has 13 nitrogen and oxygen atoms in total. The van der Waals surface area contributed by atoms with Gasteiger partial charge in [-0.15, -0.1) is 18.8 Å². The molecule has 0 saturated carbocycles.